The molecule has 1 N–H and O–H groups in total. The summed E-state index contributed by atoms with van der Waals surface area (Å²) in [4.78, 5) is 4.08. The molecular weight excluding hydrogens is 400 g/mol. The predicted molar refractivity (Wildman–Crippen MR) is 93.7 cm³/mol. The number of alkyl halides is 3. The number of anilines is 2. The maximum Gasteiger partial charge on any atom is 0.419 e. The molecule has 2 aromatic rings. The van der Waals surface area contributed by atoms with Crippen LogP contribution in [0, 0.1) is 5.82 Å². The first-order valence-corrected chi connectivity index (χ1v) is 10.4. The van der Waals surface area contributed by atoms with Crippen LogP contribution >= 0.6 is 0 Å². The Kier molecular flexibility index (Phi) is 4.29. The van der Waals surface area contributed by atoms with E-state index in [1.165, 1.54) is 12.3 Å². The zero-order valence-corrected chi connectivity index (χ0v) is 15.5. The Labute approximate surface area is 158 Å². The Balaban J connectivity index is 1.75. The van der Waals surface area contributed by atoms with Crippen molar-refractivity contribution >= 4 is 21.5 Å². The van der Waals surface area contributed by atoms with Gasteiger partial charge < -0.3 is 9.50 Å². The maximum atomic E-state index is 13.5. The van der Waals surface area contributed by atoms with Crippen LogP contribution in [0.3, 0.4) is 0 Å². The van der Waals surface area contributed by atoms with E-state index in [2.05, 4.69) is 10.3 Å². The first-order valence-electron chi connectivity index (χ1n) is 8.59. The van der Waals surface area contributed by atoms with Gasteiger partial charge in [-0.05, 0) is 54.9 Å². The molecule has 1 aromatic carbocycles. The Bertz CT molecular complexity index is 1050. The number of rotatable bonds is 4. The molecule has 2 atom stereocenters. The first-order chi connectivity index (χ1) is 13.0. The molecule has 0 saturated heterocycles. The van der Waals surface area contributed by atoms with Crippen LogP contribution in [0.15, 0.2) is 24.4 Å². The van der Waals surface area contributed by atoms with Gasteiger partial charge in [-0.15, -0.1) is 0 Å². The average Bonchev–Trinajstić information content (AvgIpc) is 3.18. The van der Waals surface area contributed by atoms with E-state index < -0.39 is 27.7 Å². The summed E-state index contributed by atoms with van der Waals surface area (Å²) in [7, 11) is -3.76. The fraction of sp³-hybridized carbons (Fsp3) is 0.389. The summed E-state index contributed by atoms with van der Waals surface area (Å²) >= 11 is 0. The maximum absolute atomic E-state index is 13.5. The lowest BCUT2D eigenvalue weighted by Gasteiger charge is -2.22. The van der Waals surface area contributed by atoms with Gasteiger partial charge in [-0.3, -0.25) is 0 Å². The number of hydrogen-bond donors (Lipinski definition) is 1. The van der Waals surface area contributed by atoms with E-state index in [0.29, 0.717) is 17.3 Å². The van der Waals surface area contributed by atoms with Crippen LogP contribution in [0.4, 0.5) is 28.9 Å². The van der Waals surface area contributed by atoms with Gasteiger partial charge in [-0.25, -0.2) is 9.37 Å². The van der Waals surface area contributed by atoms with Crippen molar-refractivity contribution in [3.63, 3.8) is 0 Å². The molecule has 0 spiro atoms. The number of halogens is 4. The lowest BCUT2D eigenvalue weighted by molar-refractivity contribution is -0.139. The van der Waals surface area contributed by atoms with Crippen LogP contribution in [-0.4, -0.2) is 19.7 Å². The summed E-state index contributed by atoms with van der Waals surface area (Å²) in [6.45, 7) is 0. The molecule has 5 nitrogen and oxygen atoms in total. The molecular formula is C18H16F4N2O3S. The highest BCUT2D eigenvalue weighted by Gasteiger charge is 2.42. The third-order valence-corrected chi connectivity index (χ3v) is 5.61. The molecule has 4 rings (SSSR count). The van der Waals surface area contributed by atoms with Gasteiger partial charge in [-0.1, -0.05) is 0 Å². The van der Waals surface area contributed by atoms with Crippen LogP contribution in [0.25, 0.3) is 0 Å². The third kappa shape index (κ3) is 3.41. The van der Waals surface area contributed by atoms with E-state index in [-0.39, 0.29) is 23.4 Å². The van der Waals surface area contributed by atoms with E-state index in [0.717, 1.165) is 37.1 Å². The first kappa shape index (κ1) is 19.0. The van der Waals surface area contributed by atoms with Crippen molar-refractivity contribution < 1.29 is 30.2 Å². The van der Waals surface area contributed by atoms with Crippen molar-refractivity contribution in [1.29, 1.82) is 0 Å². The summed E-state index contributed by atoms with van der Waals surface area (Å²) in [5, 5.41) is 2.88. The number of hydrogen-bond acceptors (Lipinski definition) is 5. The molecule has 28 heavy (non-hydrogen) atoms. The van der Waals surface area contributed by atoms with Crippen LogP contribution in [-0.2, 0) is 16.3 Å². The minimum Gasteiger partial charge on any atom is -0.361 e. The minimum absolute atomic E-state index is 0.0188. The Morgan fingerprint density at radius 3 is 2.50 bits per heavy atom. The number of aromatic nitrogens is 1. The number of pyridine rings is 1. The van der Waals surface area contributed by atoms with Gasteiger partial charge in [0.25, 0.3) is 0 Å². The lowest BCUT2D eigenvalue weighted by atomic mass is 9.91. The SMILES string of the molecule is CS(=O)(=O)Oc1ncc(Nc2ccc(F)c(C(F)(F)F)c2)c2c1C1CCC2C1. The van der Waals surface area contributed by atoms with Crippen LogP contribution in [0.5, 0.6) is 5.88 Å². The molecule has 2 unspecified atom stereocenters. The molecule has 1 fully saturated rings. The quantitative estimate of drug-likeness (QED) is 0.579. The molecule has 1 heterocycles. The second-order valence-corrected chi connectivity index (χ2v) is 8.69. The second kappa shape index (κ2) is 6.33. The molecule has 2 bridgehead atoms. The normalized spacial score (nSPS) is 20.9. The number of nitrogens with one attached hydrogen (secondary N) is 1. The number of nitrogens with zero attached hydrogens (tertiary/aromatic N) is 1. The van der Waals surface area contributed by atoms with Crippen molar-refractivity contribution in [2.45, 2.75) is 37.3 Å². The van der Waals surface area contributed by atoms with Crippen molar-refractivity contribution in [2.24, 2.45) is 0 Å². The fourth-order valence-corrected chi connectivity index (χ4v) is 4.57. The fourth-order valence-electron chi connectivity index (χ4n) is 4.15. The van der Waals surface area contributed by atoms with Gasteiger partial charge in [0.15, 0.2) is 0 Å². The van der Waals surface area contributed by atoms with E-state index in [4.69, 9.17) is 4.18 Å². The van der Waals surface area contributed by atoms with Crippen LogP contribution in [0.1, 0.15) is 47.8 Å². The van der Waals surface area contributed by atoms with E-state index in [1.807, 2.05) is 0 Å². The molecule has 0 aliphatic heterocycles. The third-order valence-electron chi connectivity index (χ3n) is 5.15. The highest BCUT2D eigenvalue weighted by molar-refractivity contribution is 7.86. The van der Waals surface area contributed by atoms with Gasteiger partial charge >= 0.3 is 16.3 Å². The largest absolute Gasteiger partial charge is 0.419 e. The topological polar surface area (TPSA) is 68.3 Å². The summed E-state index contributed by atoms with van der Waals surface area (Å²) in [5.74, 6) is -1.08. The molecule has 1 aromatic heterocycles. The molecule has 0 radical (unpaired) electrons. The smallest absolute Gasteiger partial charge is 0.361 e. The Morgan fingerprint density at radius 2 is 1.86 bits per heavy atom. The van der Waals surface area contributed by atoms with Crippen molar-refractivity contribution in [3.8, 4) is 5.88 Å². The monoisotopic (exact) mass is 416 g/mol. The summed E-state index contributed by atoms with van der Waals surface area (Å²) in [5.41, 5.74) is 0.674. The number of benzene rings is 1. The van der Waals surface area contributed by atoms with Gasteiger partial charge in [0, 0.05) is 11.3 Å². The van der Waals surface area contributed by atoms with E-state index in [1.54, 1.807) is 0 Å². The predicted octanol–water partition coefficient (Wildman–Crippen LogP) is 4.69. The van der Waals surface area contributed by atoms with Gasteiger partial charge in [-0.2, -0.15) is 21.6 Å². The average molecular weight is 416 g/mol. The zero-order valence-electron chi connectivity index (χ0n) is 14.7. The van der Waals surface area contributed by atoms with Gasteiger partial charge in [0.1, 0.15) is 5.82 Å². The molecule has 2 aliphatic carbocycles. The molecule has 2 aliphatic rings. The van der Waals surface area contributed by atoms with Crippen LogP contribution < -0.4 is 9.50 Å². The van der Waals surface area contributed by atoms with Crippen LogP contribution in [0.2, 0.25) is 0 Å². The molecule has 10 heteroatoms. The molecule has 150 valence electrons. The van der Waals surface area contributed by atoms with E-state index >= 15 is 0 Å². The van der Waals surface area contributed by atoms with Gasteiger partial charge in [0.05, 0.1) is 23.7 Å². The Hall–Kier alpha value is -2.36. The lowest BCUT2D eigenvalue weighted by Crippen LogP contribution is -2.13. The minimum atomic E-state index is -4.81. The van der Waals surface area contributed by atoms with Gasteiger partial charge in [0.2, 0.25) is 5.88 Å². The molecule has 1 saturated carbocycles. The molecule has 0 amide bonds. The summed E-state index contributed by atoms with van der Waals surface area (Å²) in [6.07, 6.45) is 0.0408. The van der Waals surface area contributed by atoms with E-state index in [9.17, 15) is 26.0 Å². The zero-order chi connectivity index (χ0) is 20.3. The van der Waals surface area contributed by atoms with Crippen molar-refractivity contribution in [3.05, 3.63) is 46.9 Å². The Morgan fingerprint density at radius 1 is 1.18 bits per heavy atom. The highest BCUT2D eigenvalue weighted by Crippen LogP contribution is 2.58. The number of fused-ring (bicyclic) bond motifs is 5. The highest BCUT2D eigenvalue weighted by atomic mass is 32.2. The van der Waals surface area contributed by atoms with Crippen molar-refractivity contribution in [1.82, 2.24) is 4.98 Å². The second-order valence-electron chi connectivity index (χ2n) is 7.12. The summed E-state index contributed by atoms with van der Waals surface area (Å²) in [6, 6.07) is 2.67. The summed E-state index contributed by atoms with van der Waals surface area (Å²) < 4.78 is 80.5. The standard InChI is InChI=1S/C18H16F4N2O3S/c1-28(25,26)27-17-16-10-3-2-9(6-10)15(16)14(8-23-17)24-11-4-5-13(19)12(7-11)18(20,21)22/h4-5,7-10,24H,2-3,6H2,1H3. The van der Waals surface area contributed by atoms with Crippen molar-refractivity contribution in [2.75, 3.05) is 11.6 Å².